The first kappa shape index (κ1) is 6.23. The molecule has 0 saturated heterocycles. The highest BCUT2D eigenvalue weighted by atomic mass is 14.2. The third-order valence-electron chi connectivity index (χ3n) is 0.908. The maximum atomic E-state index is 6.50. The molecule has 0 atom stereocenters. The van der Waals surface area contributed by atoms with E-state index < -0.39 is 0 Å². The first-order valence-corrected chi connectivity index (χ1v) is 2.41. The fourth-order valence-electron chi connectivity index (χ4n) is 0.589. The van der Waals surface area contributed by atoms with Gasteiger partial charge >= 0.3 is 0 Å². The molecular formula is C6H9N. The van der Waals surface area contributed by atoms with Crippen LogP contribution in [-0.4, -0.2) is 0 Å². The lowest BCUT2D eigenvalue weighted by Crippen LogP contribution is -1.50. The fraction of sp³-hybridized carbons (Fsp3) is 0.500. The maximum Gasteiger partial charge on any atom is 0.0462 e. The van der Waals surface area contributed by atoms with Crippen molar-refractivity contribution in [1.29, 1.82) is 5.26 Å². The van der Waals surface area contributed by atoms with E-state index in [-0.39, 0.29) is 0 Å². The summed E-state index contributed by atoms with van der Waals surface area (Å²) in [4.78, 5) is 0. The van der Waals surface area contributed by atoms with Crippen molar-refractivity contribution >= 4 is 0 Å². The molecule has 0 spiro atoms. The molecule has 7 heavy (non-hydrogen) atoms. The van der Waals surface area contributed by atoms with Crippen LogP contribution in [-0.2, 0) is 0 Å². The second-order valence-electron chi connectivity index (χ2n) is 1.40. The van der Waals surface area contributed by atoms with E-state index in [1.54, 1.807) is 0 Å². The van der Waals surface area contributed by atoms with Crippen LogP contribution in [0.25, 0.3) is 0 Å². The Labute approximate surface area is 44.3 Å². The standard InChI is InChI=1S/C5H8.CHN/c1-2-4-5-3-1;1-2/h1-2H,3-5H2;1H. The Bertz CT molecular complexity index is 65.5. The summed E-state index contributed by atoms with van der Waals surface area (Å²) in [6.07, 6.45) is 8.50. The molecule has 0 aromatic carbocycles. The molecule has 38 valence electrons. The number of nitrogens with zero attached hydrogens (tertiary/aromatic N) is 1. The average Bonchev–Trinajstić information content (AvgIpc) is 2.23. The zero-order chi connectivity index (χ0) is 5.54. The molecule has 0 fully saturated rings. The van der Waals surface area contributed by atoms with Crippen molar-refractivity contribution in [2.75, 3.05) is 0 Å². The van der Waals surface area contributed by atoms with Crippen LogP contribution in [0.1, 0.15) is 19.3 Å². The summed E-state index contributed by atoms with van der Waals surface area (Å²) in [7, 11) is 0. The van der Waals surface area contributed by atoms with Gasteiger partial charge in [-0.3, -0.25) is 0 Å². The maximum absolute atomic E-state index is 6.50. The highest BCUT2D eigenvalue weighted by Gasteiger charge is 1.84. The molecule has 0 amide bonds. The van der Waals surface area contributed by atoms with Gasteiger partial charge in [0.15, 0.2) is 0 Å². The normalized spacial score (nSPS) is 15.1. The van der Waals surface area contributed by atoms with Gasteiger partial charge in [-0.15, -0.1) is 0 Å². The Morgan fingerprint density at radius 1 is 1.14 bits per heavy atom. The quantitative estimate of drug-likeness (QED) is 0.421. The summed E-state index contributed by atoms with van der Waals surface area (Å²) in [6, 6.07) is 0. The first-order valence-electron chi connectivity index (χ1n) is 2.41. The minimum atomic E-state index is 1.32. The second-order valence-corrected chi connectivity index (χ2v) is 1.40. The number of rotatable bonds is 0. The molecule has 0 aromatic heterocycles. The van der Waals surface area contributed by atoms with Crippen molar-refractivity contribution < 1.29 is 0 Å². The molecule has 0 heterocycles. The highest BCUT2D eigenvalue weighted by Crippen LogP contribution is 2.05. The SMILES string of the molecule is C#N.C1=CCCC1. The van der Waals surface area contributed by atoms with Crippen LogP contribution in [0.2, 0.25) is 0 Å². The lowest BCUT2D eigenvalue weighted by Gasteiger charge is -1.69. The third-order valence-corrected chi connectivity index (χ3v) is 0.908. The summed E-state index contributed by atoms with van der Waals surface area (Å²) >= 11 is 0. The van der Waals surface area contributed by atoms with Crippen molar-refractivity contribution in [3.05, 3.63) is 12.2 Å². The van der Waals surface area contributed by atoms with Gasteiger partial charge in [-0.05, 0) is 19.3 Å². The molecular weight excluding hydrogens is 86.1 g/mol. The Morgan fingerprint density at radius 3 is 1.71 bits per heavy atom. The Kier molecular flexibility index (Phi) is 4.65. The van der Waals surface area contributed by atoms with Crippen LogP contribution in [0.5, 0.6) is 0 Å². The minimum absolute atomic E-state index is 1.32. The van der Waals surface area contributed by atoms with E-state index in [1.807, 2.05) is 0 Å². The van der Waals surface area contributed by atoms with Crippen molar-refractivity contribution in [2.24, 2.45) is 0 Å². The topological polar surface area (TPSA) is 23.8 Å². The predicted molar refractivity (Wildman–Crippen MR) is 29.7 cm³/mol. The Balaban J connectivity index is 0.000000162. The molecule has 0 saturated carbocycles. The molecule has 1 rings (SSSR count). The van der Waals surface area contributed by atoms with Gasteiger partial charge in [0.25, 0.3) is 0 Å². The smallest absolute Gasteiger partial charge is 0.0462 e. The van der Waals surface area contributed by atoms with Gasteiger partial charge in [0.2, 0.25) is 0 Å². The van der Waals surface area contributed by atoms with Gasteiger partial charge in [-0.2, -0.15) is 0 Å². The van der Waals surface area contributed by atoms with Gasteiger partial charge in [-0.1, -0.05) is 12.2 Å². The largest absolute Gasteiger partial charge is 0.202 e. The molecule has 1 aliphatic carbocycles. The molecule has 0 aromatic rings. The van der Waals surface area contributed by atoms with E-state index >= 15 is 0 Å². The third kappa shape index (κ3) is 3.05. The van der Waals surface area contributed by atoms with E-state index in [0.29, 0.717) is 0 Å². The second kappa shape index (κ2) is 5.23. The van der Waals surface area contributed by atoms with Crippen LogP contribution < -0.4 is 0 Å². The van der Waals surface area contributed by atoms with E-state index in [2.05, 4.69) is 18.7 Å². The summed E-state index contributed by atoms with van der Waals surface area (Å²) in [5, 5.41) is 6.50. The highest BCUT2D eigenvalue weighted by molar-refractivity contribution is 4.88. The zero-order valence-corrected chi connectivity index (χ0v) is 4.30. The van der Waals surface area contributed by atoms with E-state index in [0.717, 1.165) is 0 Å². The summed E-state index contributed by atoms with van der Waals surface area (Å²) in [5.41, 5.74) is 0. The summed E-state index contributed by atoms with van der Waals surface area (Å²) in [5.74, 6) is 0. The molecule has 1 aliphatic rings. The van der Waals surface area contributed by atoms with Crippen LogP contribution in [0, 0.1) is 11.8 Å². The Morgan fingerprint density at radius 2 is 1.57 bits per heavy atom. The predicted octanol–water partition coefficient (Wildman–Crippen LogP) is 1.87. The van der Waals surface area contributed by atoms with Crippen LogP contribution in [0.4, 0.5) is 0 Å². The molecule has 1 heteroatoms. The van der Waals surface area contributed by atoms with Crippen molar-refractivity contribution in [3.8, 4) is 6.57 Å². The molecule has 0 N–H and O–H groups in total. The minimum Gasteiger partial charge on any atom is -0.202 e. The van der Waals surface area contributed by atoms with E-state index in [9.17, 15) is 0 Å². The van der Waals surface area contributed by atoms with Gasteiger partial charge in [0.1, 0.15) is 0 Å². The fourth-order valence-corrected chi connectivity index (χ4v) is 0.589. The van der Waals surface area contributed by atoms with Gasteiger partial charge in [-0.25, -0.2) is 5.26 Å². The molecule has 0 bridgehead atoms. The van der Waals surface area contributed by atoms with E-state index in [1.165, 1.54) is 19.3 Å². The van der Waals surface area contributed by atoms with E-state index in [4.69, 9.17) is 5.26 Å². The zero-order valence-electron chi connectivity index (χ0n) is 4.30. The van der Waals surface area contributed by atoms with Gasteiger partial charge < -0.3 is 0 Å². The lowest BCUT2D eigenvalue weighted by atomic mass is 10.4. The van der Waals surface area contributed by atoms with Crippen molar-refractivity contribution in [3.63, 3.8) is 0 Å². The van der Waals surface area contributed by atoms with Crippen LogP contribution >= 0.6 is 0 Å². The molecule has 0 aliphatic heterocycles. The van der Waals surface area contributed by atoms with Crippen molar-refractivity contribution in [2.45, 2.75) is 19.3 Å². The number of nitriles is 1. The average molecular weight is 95.1 g/mol. The van der Waals surface area contributed by atoms with Crippen molar-refractivity contribution in [1.82, 2.24) is 0 Å². The summed E-state index contributed by atoms with van der Waals surface area (Å²) < 4.78 is 0. The molecule has 0 unspecified atom stereocenters. The number of hydrogen-bond donors (Lipinski definition) is 0. The first-order chi connectivity index (χ1) is 3.50. The van der Waals surface area contributed by atoms with Gasteiger partial charge in [0, 0.05) is 6.57 Å². The van der Waals surface area contributed by atoms with Crippen LogP contribution in [0.3, 0.4) is 0 Å². The number of hydrogen-bond acceptors (Lipinski definition) is 1. The van der Waals surface area contributed by atoms with Crippen LogP contribution in [0.15, 0.2) is 12.2 Å². The lowest BCUT2D eigenvalue weighted by molar-refractivity contribution is 0.929. The Hall–Kier alpha value is -0.770. The molecule has 0 radical (unpaired) electrons. The monoisotopic (exact) mass is 95.1 g/mol. The van der Waals surface area contributed by atoms with Gasteiger partial charge in [0.05, 0.1) is 0 Å². The number of allylic oxidation sites excluding steroid dienone is 2. The molecule has 1 nitrogen and oxygen atoms in total. The summed E-state index contributed by atoms with van der Waals surface area (Å²) in [6.45, 7) is 3.50.